The van der Waals surface area contributed by atoms with Crippen molar-refractivity contribution in [1.29, 1.82) is 0 Å². The standard InChI is InChI=1S/C17H25N3O4S.ClH/c21-25(22,15-2-3-16-17(12-15)24-11-1-10-23-16)20-7-4-14(13-20)19-8-5-18-6-9-19;/h2-3,12,14,18H,1,4-11,13H2;1H. The van der Waals surface area contributed by atoms with Crippen LogP contribution in [0.1, 0.15) is 12.8 Å². The number of hydrogen-bond donors (Lipinski definition) is 1. The van der Waals surface area contributed by atoms with Crippen LogP contribution in [0.5, 0.6) is 11.5 Å². The number of nitrogens with one attached hydrogen (secondary N) is 1. The average Bonchev–Trinajstić information content (AvgIpc) is 3.03. The summed E-state index contributed by atoms with van der Waals surface area (Å²) in [5.41, 5.74) is 0. The maximum atomic E-state index is 13.0. The minimum atomic E-state index is -3.50. The molecule has 3 aliphatic rings. The monoisotopic (exact) mass is 403 g/mol. The lowest BCUT2D eigenvalue weighted by atomic mass is 10.2. The third kappa shape index (κ3) is 3.94. The summed E-state index contributed by atoms with van der Waals surface area (Å²) >= 11 is 0. The normalized spacial score (nSPS) is 24.7. The number of ether oxygens (including phenoxy) is 2. The number of fused-ring (bicyclic) bond motifs is 1. The number of sulfonamides is 1. The minimum Gasteiger partial charge on any atom is -0.490 e. The van der Waals surface area contributed by atoms with Gasteiger partial charge in [0.25, 0.3) is 0 Å². The zero-order valence-corrected chi connectivity index (χ0v) is 16.4. The van der Waals surface area contributed by atoms with Gasteiger partial charge >= 0.3 is 0 Å². The highest BCUT2D eigenvalue weighted by atomic mass is 35.5. The molecule has 2 fully saturated rings. The number of piperazine rings is 1. The third-order valence-electron chi connectivity index (χ3n) is 5.15. The van der Waals surface area contributed by atoms with E-state index in [1.54, 1.807) is 22.5 Å². The summed E-state index contributed by atoms with van der Waals surface area (Å²) < 4.78 is 38.9. The van der Waals surface area contributed by atoms with Gasteiger partial charge in [-0.15, -0.1) is 12.4 Å². The fraction of sp³-hybridized carbons (Fsp3) is 0.647. The van der Waals surface area contributed by atoms with Crippen LogP contribution in [0.25, 0.3) is 0 Å². The highest BCUT2D eigenvalue weighted by molar-refractivity contribution is 7.89. The van der Waals surface area contributed by atoms with Crippen molar-refractivity contribution in [2.75, 3.05) is 52.5 Å². The molecule has 1 aromatic carbocycles. The fourth-order valence-corrected chi connectivity index (χ4v) is 5.24. The molecular formula is C17H26ClN3O4S. The van der Waals surface area contributed by atoms with Crippen molar-refractivity contribution >= 4 is 22.4 Å². The van der Waals surface area contributed by atoms with Crippen LogP contribution in [-0.4, -0.2) is 76.1 Å². The van der Waals surface area contributed by atoms with E-state index in [2.05, 4.69) is 10.2 Å². The van der Waals surface area contributed by atoms with Crippen LogP contribution >= 0.6 is 12.4 Å². The average molecular weight is 404 g/mol. The van der Waals surface area contributed by atoms with Crippen molar-refractivity contribution in [3.63, 3.8) is 0 Å². The van der Waals surface area contributed by atoms with Gasteiger partial charge in [0.15, 0.2) is 11.5 Å². The quantitative estimate of drug-likeness (QED) is 0.809. The fourth-order valence-electron chi connectivity index (χ4n) is 3.73. The first-order chi connectivity index (χ1) is 12.1. The second kappa shape index (κ2) is 8.31. The van der Waals surface area contributed by atoms with Crippen LogP contribution in [0, 0.1) is 0 Å². The molecule has 1 N–H and O–H groups in total. The molecule has 1 atom stereocenters. The first kappa shape index (κ1) is 19.7. The minimum absolute atomic E-state index is 0. The molecule has 3 heterocycles. The molecular weight excluding hydrogens is 378 g/mol. The molecule has 146 valence electrons. The highest BCUT2D eigenvalue weighted by Crippen LogP contribution is 2.33. The molecule has 7 nitrogen and oxygen atoms in total. The Kier molecular flexibility index (Phi) is 6.29. The Hall–Kier alpha value is -1.06. The zero-order chi connectivity index (χ0) is 17.3. The van der Waals surface area contributed by atoms with Gasteiger partial charge in [-0.05, 0) is 18.6 Å². The summed E-state index contributed by atoms with van der Waals surface area (Å²) in [6, 6.07) is 5.25. The highest BCUT2D eigenvalue weighted by Gasteiger charge is 2.36. The van der Waals surface area contributed by atoms with Crippen molar-refractivity contribution in [3.8, 4) is 11.5 Å². The van der Waals surface area contributed by atoms with E-state index >= 15 is 0 Å². The van der Waals surface area contributed by atoms with Crippen molar-refractivity contribution in [3.05, 3.63) is 18.2 Å². The van der Waals surface area contributed by atoms with Crippen LogP contribution in [-0.2, 0) is 10.0 Å². The Morgan fingerprint density at radius 3 is 2.54 bits per heavy atom. The summed E-state index contributed by atoms with van der Waals surface area (Å²) in [4.78, 5) is 2.69. The van der Waals surface area contributed by atoms with Gasteiger partial charge in [0.2, 0.25) is 10.0 Å². The van der Waals surface area contributed by atoms with Crippen molar-refractivity contribution in [1.82, 2.24) is 14.5 Å². The van der Waals surface area contributed by atoms with E-state index in [0.717, 1.165) is 39.0 Å². The van der Waals surface area contributed by atoms with Gasteiger partial charge in [-0.25, -0.2) is 8.42 Å². The lowest BCUT2D eigenvalue weighted by molar-refractivity contribution is 0.179. The van der Waals surface area contributed by atoms with Gasteiger partial charge in [-0.3, -0.25) is 4.90 Å². The van der Waals surface area contributed by atoms with E-state index in [1.807, 2.05) is 0 Å². The lowest BCUT2D eigenvalue weighted by Crippen LogP contribution is -2.49. The second-order valence-corrected chi connectivity index (χ2v) is 8.69. The molecule has 9 heteroatoms. The topological polar surface area (TPSA) is 71.1 Å². The molecule has 0 bridgehead atoms. The summed E-state index contributed by atoms with van der Waals surface area (Å²) in [7, 11) is -3.50. The van der Waals surface area contributed by atoms with Gasteiger partial charge in [-0.2, -0.15) is 4.31 Å². The molecule has 3 aliphatic heterocycles. The predicted octanol–water partition coefficient (Wildman–Crippen LogP) is 0.938. The van der Waals surface area contributed by atoms with E-state index in [0.29, 0.717) is 43.8 Å². The van der Waals surface area contributed by atoms with E-state index in [4.69, 9.17) is 9.47 Å². The molecule has 1 aromatic rings. The molecule has 0 spiro atoms. The van der Waals surface area contributed by atoms with E-state index < -0.39 is 10.0 Å². The molecule has 0 amide bonds. The maximum Gasteiger partial charge on any atom is 0.243 e. The van der Waals surface area contributed by atoms with Gasteiger partial charge < -0.3 is 14.8 Å². The Morgan fingerprint density at radius 2 is 1.77 bits per heavy atom. The SMILES string of the molecule is Cl.O=S(=O)(c1ccc2c(c1)OCCCO2)N1CCC(N2CCNCC2)C1. The van der Waals surface area contributed by atoms with E-state index in [9.17, 15) is 8.42 Å². The van der Waals surface area contributed by atoms with Gasteiger partial charge in [-0.1, -0.05) is 0 Å². The molecule has 0 aliphatic carbocycles. The van der Waals surface area contributed by atoms with Crippen LogP contribution in [0.3, 0.4) is 0 Å². The second-order valence-electron chi connectivity index (χ2n) is 6.75. The summed E-state index contributed by atoms with van der Waals surface area (Å²) in [5.74, 6) is 1.15. The summed E-state index contributed by atoms with van der Waals surface area (Å²) in [5, 5.41) is 3.34. The van der Waals surface area contributed by atoms with Crippen molar-refractivity contribution in [2.24, 2.45) is 0 Å². The number of hydrogen-bond acceptors (Lipinski definition) is 6. The molecule has 0 saturated carbocycles. The first-order valence-electron chi connectivity index (χ1n) is 8.99. The summed E-state index contributed by atoms with van der Waals surface area (Å²) in [6.45, 7) is 6.22. The number of benzene rings is 1. The summed E-state index contributed by atoms with van der Waals surface area (Å²) in [6.07, 6.45) is 1.69. The molecule has 0 radical (unpaired) electrons. The van der Waals surface area contributed by atoms with Crippen LogP contribution in [0.15, 0.2) is 23.1 Å². The zero-order valence-electron chi connectivity index (χ0n) is 14.7. The Bertz CT molecular complexity index is 725. The van der Waals surface area contributed by atoms with Crippen LogP contribution in [0.4, 0.5) is 0 Å². The number of rotatable bonds is 3. The van der Waals surface area contributed by atoms with Crippen molar-refractivity contribution < 1.29 is 17.9 Å². The van der Waals surface area contributed by atoms with E-state index in [-0.39, 0.29) is 17.3 Å². The molecule has 1 unspecified atom stereocenters. The van der Waals surface area contributed by atoms with Crippen LogP contribution in [0.2, 0.25) is 0 Å². The Morgan fingerprint density at radius 1 is 1.04 bits per heavy atom. The van der Waals surface area contributed by atoms with Crippen molar-refractivity contribution in [2.45, 2.75) is 23.8 Å². The van der Waals surface area contributed by atoms with Gasteiger partial charge in [0.1, 0.15) is 0 Å². The Balaban J connectivity index is 0.00000196. The lowest BCUT2D eigenvalue weighted by Gasteiger charge is -2.32. The van der Waals surface area contributed by atoms with Gasteiger partial charge in [0, 0.05) is 57.8 Å². The molecule has 4 rings (SSSR count). The predicted molar refractivity (Wildman–Crippen MR) is 101 cm³/mol. The van der Waals surface area contributed by atoms with Crippen LogP contribution < -0.4 is 14.8 Å². The smallest absolute Gasteiger partial charge is 0.243 e. The van der Waals surface area contributed by atoms with Gasteiger partial charge in [0.05, 0.1) is 18.1 Å². The molecule has 0 aromatic heterocycles. The first-order valence-corrected chi connectivity index (χ1v) is 10.4. The maximum absolute atomic E-state index is 13.0. The number of halogens is 1. The third-order valence-corrected chi connectivity index (χ3v) is 7.01. The largest absolute Gasteiger partial charge is 0.490 e. The Labute approximate surface area is 161 Å². The molecule has 26 heavy (non-hydrogen) atoms. The van der Waals surface area contributed by atoms with E-state index in [1.165, 1.54) is 0 Å². The molecule has 2 saturated heterocycles. The number of nitrogens with zero attached hydrogens (tertiary/aromatic N) is 2.